The minimum Gasteiger partial charge on any atom is -0.444 e. The minimum absolute atomic E-state index is 0.0150. The molecule has 1 aromatic rings. The highest BCUT2D eigenvalue weighted by atomic mass is 16.6. The second-order valence-corrected chi connectivity index (χ2v) is 4.23. The molecule has 4 heteroatoms. The summed E-state index contributed by atoms with van der Waals surface area (Å²) < 4.78 is 5.11. The van der Waals surface area contributed by atoms with E-state index in [9.17, 15) is 4.79 Å². The maximum absolute atomic E-state index is 11.1. The van der Waals surface area contributed by atoms with Gasteiger partial charge in [0, 0.05) is 6.08 Å². The molecule has 4 nitrogen and oxygen atoms in total. The molecule has 0 aromatic heterocycles. The number of hydrogen-bond acceptors (Lipinski definition) is 4. The van der Waals surface area contributed by atoms with Gasteiger partial charge >= 0.3 is 5.97 Å². The van der Waals surface area contributed by atoms with Crippen LogP contribution in [0.2, 0.25) is 0 Å². The molecule has 1 aromatic carbocycles. The molecule has 0 fully saturated rings. The van der Waals surface area contributed by atoms with E-state index in [1.807, 2.05) is 49.3 Å². The van der Waals surface area contributed by atoms with Crippen molar-refractivity contribution in [3.8, 4) is 0 Å². The van der Waals surface area contributed by atoms with Crippen LogP contribution in [0.3, 0.4) is 0 Å². The SMILES string of the molecule is C=CC(=O)OC(C)NC(c1ccccc1)N(C)C. The lowest BCUT2D eigenvalue weighted by Crippen LogP contribution is -2.40. The van der Waals surface area contributed by atoms with Crippen molar-refractivity contribution in [2.24, 2.45) is 0 Å². The smallest absolute Gasteiger partial charge is 0.331 e. The van der Waals surface area contributed by atoms with E-state index in [1.165, 1.54) is 0 Å². The fourth-order valence-electron chi connectivity index (χ4n) is 1.66. The standard InChI is InChI=1S/C14H20N2O2/c1-5-13(17)18-11(2)15-14(16(3)4)12-9-7-6-8-10-12/h5-11,14-15H,1H2,2-4H3. The molecule has 0 heterocycles. The molecular formula is C14H20N2O2. The zero-order valence-corrected chi connectivity index (χ0v) is 11.1. The fourth-order valence-corrected chi connectivity index (χ4v) is 1.66. The van der Waals surface area contributed by atoms with Gasteiger partial charge in [0.05, 0.1) is 6.17 Å². The first-order chi connectivity index (χ1) is 8.54. The Morgan fingerprint density at radius 1 is 1.39 bits per heavy atom. The molecule has 1 rings (SSSR count). The van der Waals surface area contributed by atoms with Gasteiger partial charge in [-0.05, 0) is 26.6 Å². The van der Waals surface area contributed by atoms with E-state index in [0.29, 0.717) is 0 Å². The molecule has 0 spiro atoms. The van der Waals surface area contributed by atoms with E-state index in [2.05, 4.69) is 11.9 Å². The second-order valence-electron chi connectivity index (χ2n) is 4.23. The summed E-state index contributed by atoms with van der Waals surface area (Å²) in [5.41, 5.74) is 1.11. The van der Waals surface area contributed by atoms with Crippen LogP contribution in [0.15, 0.2) is 43.0 Å². The topological polar surface area (TPSA) is 41.6 Å². The Labute approximate surface area is 108 Å². The van der Waals surface area contributed by atoms with Crippen LogP contribution in [0.5, 0.6) is 0 Å². The predicted octanol–water partition coefficient (Wildman–Crippen LogP) is 1.91. The van der Waals surface area contributed by atoms with E-state index >= 15 is 0 Å². The second kappa shape index (κ2) is 6.93. The van der Waals surface area contributed by atoms with Crippen LogP contribution in [0.1, 0.15) is 18.7 Å². The molecule has 98 valence electrons. The Bertz CT molecular complexity index is 390. The summed E-state index contributed by atoms with van der Waals surface area (Å²) >= 11 is 0. The van der Waals surface area contributed by atoms with Crippen LogP contribution in [0, 0.1) is 0 Å². The van der Waals surface area contributed by atoms with Gasteiger partial charge in [0.1, 0.15) is 0 Å². The summed E-state index contributed by atoms with van der Waals surface area (Å²) in [7, 11) is 3.93. The maximum atomic E-state index is 11.1. The maximum Gasteiger partial charge on any atom is 0.331 e. The van der Waals surface area contributed by atoms with Crippen LogP contribution in [0.4, 0.5) is 0 Å². The Balaban J connectivity index is 2.70. The zero-order valence-electron chi connectivity index (χ0n) is 11.1. The lowest BCUT2D eigenvalue weighted by atomic mass is 10.1. The van der Waals surface area contributed by atoms with Gasteiger partial charge < -0.3 is 4.74 Å². The first-order valence-corrected chi connectivity index (χ1v) is 5.85. The molecule has 0 aliphatic rings. The van der Waals surface area contributed by atoms with Crippen molar-refractivity contribution in [3.63, 3.8) is 0 Å². The van der Waals surface area contributed by atoms with Gasteiger partial charge in [0.2, 0.25) is 0 Å². The highest BCUT2D eigenvalue weighted by molar-refractivity contribution is 5.81. The van der Waals surface area contributed by atoms with Crippen LogP contribution in [0.25, 0.3) is 0 Å². The molecule has 0 aliphatic carbocycles. The molecule has 0 saturated carbocycles. The number of ether oxygens (including phenoxy) is 1. The van der Waals surface area contributed by atoms with Crippen molar-refractivity contribution in [1.29, 1.82) is 0 Å². The first kappa shape index (κ1) is 14.4. The fraction of sp³-hybridized carbons (Fsp3) is 0.357. The molecule has 0 bridgehead atoms. The number of rotatable bonds is 6. The third-order valence-electron chi connectivity index (χ3n) is 2.48. The highest BCUT2D eigenvalue weighted by Crippen LogP contribution is 2.15. The van der Waals surface area contributed by atoms with Crippen LogP contribution in [-0.2, 0) is 9.53 Å². The zero-order chi connectivity index (χ0) is 13.5. The van der Waals surface area contributed by atoms with Crippen molar-refractivity contribution in [2.75, 3.05) is 14.1 Å². The number of nitrogens with zero attached hydrogens (tertiary/aromatic N) is 1. The van der Waals surface area contributed by atoms with Crippen molar-refractivity contribution in [3.05, 3.63) is 48.6 Å². The monoisotopic (exact) mass is 248 g/mol. The lowest BCUT2D eigenvalue weighted by molar-refractivity contribution is -0.144. The van der Waals surface area contributed by atoms with Gasteiger partial charge in [0.15, 0.2) is 6.23 Å². The van der Waals surface area contributed by atoms with Crippen molar-refractivity contribution in [1.82, 2.24) is 10.2 Å². The third kappa shape index (κ3) is 4.31. The summed E-state index contributed by atoms with van der Waals surface area (Å²) in [6.45, 7) is 5.17. The summed E-state index contributed by atoms with van der Waals surface area (Å²) in [5.74, 6) is -0.430. The van der Waals surface area contributed by atoms with Gasteiger partial charge in [-0.25, -0.2) is 4.79 Å². The number of carbonyl (C=O) groups is 1. The van der Waals surface area contributed by atoms with Gasteiger partial charge in [-0.1, -0.05) is 36.9 Å². The number of hydrogen-bond donors (Lipinski definition) is 1. The van der Waals surface area contributed by atoms with E-state index in [0.717, 1.165) is 11.6 Å². The van der Waals surface area contributed by atoms with E-state index in [-0.39, 0.29) is 12.4 Å². The summed E-state index contributed by atoms with van der Waals surface area (Å²) in [4.78, 5) is 13.1. The molecule has 0 aliphatic heterocycles. The highest BCUT2D eigenvalue weighted by Gasteiger charge is 2.17. The minimum atomic E-state index is -0.430. The molecular weight excluding hydrogens is 228 g/mol. The molecule has 0 amide bonds. The van der Waals surface area contributed by atoms with Crippen LogP contribution < -0.4 is 5.32 Å². The van der Waals surface area contributed by atoms with Gasteiger partial charge in [0.25, 0.3) is 0 Å². The lowest BCUT2D eigenvalue weighted by Gasteiger charge is -2.28. The molecule has 18 heavy (non-hydrogen) atoms. The Morgan fingerprint density at radius 2 is 2.00 bits per heavy atom. The number of benzene rings is 1. The quantitative estimate of drug-likeness (QED) is 0.474. The first-order valence-electron chi connectivity index (χ1n) is 5.85. The molecule has 2 unspecified atom stereocenters. The van der Waals surface area contributed by atoms with Gasteiger partial charge in [-0.2, -0.15) is 0 Å². The summed E-state index contributed by atoms with van der Waals surface area (Å²) in [6, 6.07) is 9.98. The Morgan fingerprint density at radius 3 is 2.50 bits per heavy atom. The van der Waals surface area contributed by atoms with Gasteiger partial charge in [-0.15, -0.1) is 0 Å². The average Bonchev–Trinajstić information content (AvgIpc) is 2.36. The number of esters is 1. The van der Waals surface area contributed by atoms with Crippen LogP contribution >= 0.6 is 0 Å². The Kier molecular flexibility index (Phi) is 5.55. The van der Waals surface area contributed by atoms with Crippen molar-refractivity contribution >= 4 is 5.97 Å². The van der Waals surface area contributed by atoms with E-state index < -0.39 is 5.97 Å². The summed E-state index contributed by atoms with van der Waals surface area (Å²) in [6.07, 6.45) is 0.757. The van der Waals surface area contributed by atoms with Crippen molar-refractivity contribution in [2.45, 2.75) is 19.3 Å². The van der Waals surface area contributed by atoms with Crippen molar-refractivity contribution < 1.29 is 9.53 Å². The number of nitrogens with one attached hydrogen (secondary N) is 1. The normalized spacial score (nSPS) is 14.0. The number of carbonyl (C=O) groups excluding carboxylic acids is 1. The van der Waals surface area contributed by atoms with Crippen LogP contribution in [-0.4, -0.2) is 31.2 Å². The van der Waals surface area contributed by atoms with E-state index in [4.69, 9.17) is 4.74 Å². The molecule has 2 atom stereocenters. The third-order valence-corrected chi connectivity index (χ3v) is 2.48. The Hall–Kier alpha value is -1.65. The summed E-state index contributed by atoms with van der Waals surface area (Å²) in [5, 5.41) is 3.23. The average molecular weight is 248 g/mol. The largest absolute Gasteiger partial charge is 0.444 e. The van der Waals surface area contributed by atoms with Gasteiger partial charge in [-0.3, -0.25) is 10.2 Å². The van der Waals surface area contributed by atoms with E-state index in [1.54, 1.807) is 6.92 Å². The molecule has 0 saturated heterocycles. The predicted molar refractivity (Wildman–Crippen MR) is 71.8 cm³/mol. The molecule has 0 radical (unpaired) electrons. The molecule has 1 N–H and O–H groups in total.